The molecule has 0 spiro atoms. The first-order chi connectivity index (χ1) is 6.52. The maximum Gasteiger partial charge on any atom is 0.0115 e. The van der Waals surface area contributed by atoms with Crippen molar-refractivity contribution in [3.63, 3.8) is 0 Å². The van der Waals surface area contributed by atoms with Crippen molar-refractivity contribution >= 4 is 0 Å². The largest absolute Gasteiger partial charge is 0.314 e. The predicted octanol–water partition coefficient (Wildman–Crippen LogP) is 3.20. The van der Waals surface area contributed by atoms with Crippen LogP contribution in [-0.2, 0) is 0 Å². The molecule has 0 saturated carbocycles. The zero-order valence-electron chi connectivity index (χ0n) is 10.2. The number of hydrogen-bond acceptors (Lipinski definition) is 1. The first-order valence-corrected chi connectivity index (χ1v) is 5.69. The van der Waals surface area contributed by atoms with Crippen molar-refractivity contribution in [2.45, 2.75) is 59.4 Å². The lowest BCUT2D eigenvalue weighted by molar-refractivity contribution is 0.253. The zero-order valence-corrected chi connectivity index (χ0v) is 10.2. The van der Waals surface area contributed by atoms with Crippen molar-refractivity contribution < 1.29 is 0 Å². The van der Waals surface area contributed by atoms with E-state index in [0.717, 1.165) is 19.4 Å². The van der Waals surface area contributed by atoms with Gasteiger partial charge in [-0.3, -0.25) is 0 Å². The third kappa shape index (κ3) is 6.05. The van der Waals surface area contributed by atoms with Gasteiger partial charge >= 0.3 is 0 Å². The molecule has 0 radical (unpaired) electrons. The normalized spacial score (nSPS) is 13.6. The van der Waals surface area contributed by atoms with Gasteiger partial charge in [0.15, 0.2) is 0 Å². The molecule has 0 aromatic carbocycles. The van der Waals surface area contributed by atoms with Crippen LogP contribution < -0.4 is 5.32 Å². The SMILES string of the molecule is C#CCCCCC(NCC)C(C)(C)C. The van der Waals surface area contributed by atoms with Gasteiger partial charge in [-0.2, -0.15) is 0 Å². The summed E-state index contributed by atoms with van der Waals surface area (Å²) in [6, 6.07) is 0.616. The van der Waals surface area contributed by atoms with E-state index in [-0.39, 0.29) is 0 Å². The van der Waals surface area contributed by atoms with Gasteiger partial charge in [-0.05, 0) is 24.8 Å². The molecule has 0 rings (SSSR count). The van der Waals surface area contributed by atoms with Crippen LogP contribution in [0.15, 0.2) is 0 Å². The topological polar surface area (TPSA) is 12.0 Å². The van der Waals surface area contributed by atoms with Gasteiger partial charge in [0.1, 0.15) is 0 Å². The van der Waals surface area contributed by atoms with Crippen molar-refractivity contribution in [2.75, 3.05) is 6.54 Å². The summed E-state index contributed by atoms with van der Waals surface area (Å²) in [6.45, 7) is 10.1. The molecule has 0 aliphatic rings. The van der Waals surface area contributed by atoms with Crippen molar-refractivity contribution in [1.82, 2.24) is 5.32 Å². The summed E-state index contributed by atoms with van der Waals surface area (Å²) in [7, 11) is 0. The summed E-state index contributed by atoms with van der Waals surface area (Å²) in [5.74, 6) is 2.69. The summed E-state index contributed by atoms with van der Waals surface area (Å²) >= 11 is 0. The minimum absolute atomic E-state index is 0.353. The molecule has 1 nitrogen and oxygen atoms in total. The van der Waals surface area contributed by atoms with E-state index in [2.05, 4.69) is 38.9 Å². The maximum atomic E-state index is 5.22. The van der Waals surface area contributed by atoms with E-state index in [1.165, 1.54) is 12.8 Å². The maximum absolute atomic E-state index is 5.22. The minimum Gasteiger partial charge on any atom is -0.314 e. The molecule has 1 unspecified atom stereocenters. The molecule has 0 amide bonds. The first kappa shape index (κ1) is 13.5. The van der Waals surface area contributed by atoms with Gasteiger partial charge in [0, 0.05) is 12.5 Å². The zero-order chi connectivity index (χ0) is 11.0. The van der Waals surface area contributed by atoms with Crippen LogP contribution in [-0.4, -0.2) is 12.6 Å². The van der Waals surface area contributed by atoms with Gasteiger partial charge in [-0.1, -0.05) is 34.1 Å². The van der Waals surface area contributed by atoms with E-state index in [1.54, 1.807) is 0 Å². The van der Waals surface area contributed by atoms with Crippen LogP contribution in [0.2, 0.25) is 0 Å². The molecule has 1 heteroatoms. The monoisotopic (exact) mass is 195 g/mol. The number of unbranched alkanes of at least 4 members (excludes halogenated alkanes) is 2. The molecule has 82 valence electrons. The molecule has 1 atom stereocenters. The van der Waals surface area contributed by atoms with E-state index in [9.17, 15) is 0 Å². The molecule has 0 aliphatic carbocycles. The fourth-order valence-electron chi connectivity index (χ4n) is 1.66. The fraction of sp³-hybridized carbons (Fsp3) is 0.846. The Bertz CT molecular complexity index is 171. The van der Waals surface area contributed by atoms with E-state index in [4.69, 9.17) is 6.42 Å². The molecule has 1 N–H and O–H groups in total. The molecule has 0 saturated heterocycles. The van der Waals surface area contributed by atoms with E-state index in [1.807, 2.05) is 0 Å². The average Bonchev–Trinajstić information content (AvgIpc) is 2.08. The molecule has 0 aromatic heterocycles. The Balaban J connectivity index is 3.81. The van der Waals surface area contributed by atoms with E-state index < -0.39 is 0 Å². The smallest absolute Gasteiger partial charge is 0.0115 e. The molecule has 0 heterocycles. The standard InChI is InChI=1S/C13H25N/c1-6-8-9-10-11-12(14-7-2)13(3,4)5/h1,12,14H,7-11H2,2-5H3. The van der Waals surface area contributed by atoms with Crippen LogP contribution in [0.3, 0.4) is 0 Å². The third-order valence-electron chi connectivity index (χ3n) is 2.56. The van der Waals surface area contributed by atoms with Crippen molar-refractivity contribution in [3.05, 3.63) is 0 Å². The highest BCUT2D eigenvalue weighted by atomic mass is 14.9. The quantitative estimate of drug-likeness (QED) is 0.507. The van der Waals surface area contributed by atoms with Crippen LogP contribution in [0, 0.1) is 17.8 Å². The van der Waals surface area contributed by atoms with Crippen LogP contribution in [0.4, 0.5) is 0 Å². The highest BCUT2D eigenvalue weighted by molar-refractivity contribution is 4.84. The van der Waals surface area contributed by atoms with Gasteiger partial charge in [0.05, 0.1) is 0 Å². The van der Waals surface area contributed by atoms with Crippen molar-refractivity contribution in [2.24, 2.45) is 5.41 Å². The molecular weight excluding hydrogens is 170 g/mol. The van der Waals surface area contributed by atoms with Crippen molar-refractivity contribution in [1.29, 1.82) is 0 Å². The average molecular weight is 195 g/mol. The Labute approximate surface area is 89.7 Å². The number of terminal acetylenes is 1. The highest BCUT2D eigenvalue weighted by Crippen LogP contribution is 2.23. The number of rotatable bonds is 6. The minimum atomic E-state index is 0.353. The molecule has 0 fully saturated rings. The molecule has 0 bridgehead atoms. The summed E-state index contributed by atoms with van der Waals surface area (Å²) in [5, 5.41) is 3.55. The summed E-state index contributed by atoms with van der Waals surface area (Å²) in [6.07, 6.45) is 9.78. The summed E-state index contributed by atoms with van der Waals surface area (Å²) in [5.41, 5.74) is 0.353. The summed E-state index contributed by atoms with van der Waals surface area (Å²) in [4.78, 5) is 0. The number of nitrogens with one attached hydrogen (secondary N) is 1. The Morgan fingerprint density at radius 1 is 1.29 bits per heavy atom. The van der Waals surface area contributed by atoms with Crippen LogP contribution in [0.5, 0.6) is 0 Å². The Morgan fingerprint density at radius 2 is 1.93 bits per heavy atom. The molecule has 0 aliphatic heterocycles. The molecular formula is C13H25N. The number of hydrogen-bond donors (Lipinski definition) is 1. The Kier molecular flexibility index (Phi) is 6.66. The van der Waals surface area contributed by atoms with Gasteiger partial charge in [-0.15, -0.1) is 12.3 Å². The lowest BCUT2D eigenvalue weighted by atomic mass is 9.83. The van der Waals surface area contributed by atoms with E-state index >= 15 is 0 Å². The second-order valence-electron chi connectivity index (χ2n) is 4.93. The van der Waals surface area contributed by atoms with Gasteiger partial charge in [0.2, 0.25) is 0 Å². The first-order valence-electron chi connectivity index (χ1n) is 5.69. The van der Waals surface area contributed by atoms with Gasteiger partial charge in [0.25, 0.3) is 0 Å². The summed E-state index contributed by atoms with van der Waals surface area (Å²) < 4.78 is 0. The molecule has 0 aromatic rings. The van der Waals surface area contributed by atoms with Crippen LogP contribution >= 0.6 is 0 Å². The van der Waals surface area contributed by atoms with Crippen LogP contribution in [0.1, 0.15) is 53.4 Å². The Morgan fingerprint density at radius 3 is 2.36 bits per heavy atom. The lowest BCUT2D eigenvalue weighted by Gasteiger charge is -2.31. The third-order valence-corrected chi connectivity index (χ3v) is 2.56. The van der Waals surface area contributed by atoms with Gasteiger partial charge < -0.3 is 5.32 Å². The van der Waals surface area contributed by atoms with Crippen LogP contribution in [0.25, 0.3) is 0 Å². The Hall–Kier alpha value is -0.480. The molecule has 14 heavy (non-hydrogen) atoms. The second-order valence-corrected chi connectivity index (χ2v) is 4.93. The predicted molar refractivity (Wildman–Crippen MR) is 64.2 cm³/mol. The fourth-order valence-corrected chi connectivity index (χ4v) is 1.66. The highest BCUT2D eigenvalue weighted by Gasteiger charge is 2.22. The van der Waals surface area contributed by atoms with Crippen molar-refractivity contribution in [3.8, 4) is 12.3 Å². The second kappa shape index (κ2) is 6.90. The van der Waals surface area contributed by atoms with E-state index in [0.29, 0.717) is 11.5 Å². The lowest BCUT2D eigenvalue weighted by Crippen LogP contribution is -2.40. The van der Waals surface area contributed by atoms with Gasteiger partial charge in [-0.25, -0.2) is 0 Å².